The first kappa shape index (κ1) is 11.6. The molecule has 0 bridgehead atoms. The van der Waals surface area contributed by atoms with Gasteiger partial charge in [-0.3, -0.25) is 4.79 Å². The molecule has 1 aromatic carbocycles. The molecule has 0 aliphatic rings. The average molecular weight is 235 g/mol. The number of benzene rings is 1. The van der Waals surface area contributed by atoms with Crippen molar-refractivity contribution < 1.29 is 19.4 Å². The third-order valence-corrected chi connectivity index (χ3v) is 2.43. The lowest BCUT2D eigenvalue weighted by Gasteiger charge is -2.11. The normalized spacial score (nSPS) is 11.0. The molecule has 0 spiro atoms. The molecule has 0 aliphatic heterocycles. The SMILES string of the molecule is O=C(NC(CO)CO)c1cc2ccccc2o1. The number of carbonyl (C=O) groups excluding carboxylic acids is 1. The smallest absolute Gasteiger partial charge is 0.287 e. The van der Waals surface area contributed by atoms with Crippen molar-refractivity contribution >= 4 is 16.9 Å². The van der Waals surface area contributed by atoms with Gasteiger partial charge in [-0.1, -0.05) is 18.2 Å². The van der Waals surface area contributed by atoms with Crippen LogP contribution in [0.15, 0.2) is 34.7 Å². The molecule has 0 atom stereocenters. The number of hydrogen-bond donors (Lipinski definition) is 3. The van der Waals surface area contributed by atoms with Crippen LogP contribution in [0.1, 0.15) is 10.6 Å². The fraction of sp³-hybridized carbons (Fsp3) is 0.250. The lowest BCUT2D eigenvalue weighted by atomic mass is 10.2. The van der Waals surface area contributed by atoms with E-state index in [4.69, 9.17) is 14.6 Å². The maximum Gasteiger partial charge on any atom is 0.287 e. The van der Waals surface area contributed by atoms with Gasteiger partial charge in [-0.25, -0.2) is 0 Å². The predicted octanol–water partition coefficient (Wildman–Crippen LogP) is 0.516. The van der Waals surface area contributed by atoms with Crippen LogP contribution in [-0.2, 0) is 0 Å². The highest BCUT2D eigenvalue weighted by molar-refractivity contribution is 5.96. The molecular formula is C12H13NO4. The van der Waals surface area contributed by atoms with E-state index < -0.39 is 11.9 Å². The second-order valence-corrected chi connectivity index (χ2v) is 3.68. The Kier molecular flexibility index (Phi) is 3.41. The highest BCUT2D eigenvalue weighted by Crippen LogP contribution is 2.18. The molecule has 0 unspecified atom stereocenters. The maximum absolute atomic E-state index is 11.7. The monoisotopic (exact) mass is 235 g/mol. The molecule has 0 saturated heterocycles. The summed E-state index contributed by atoms with van der Waals surface area (Å²) in [5.74, 6) is -0.285. The second-order valence-electron chi connectivity index (χ2n) is 3.68. The first-order chi connectivity index (χ1) is 8.24. The highest BCUT2D eigenvalue weighted by atomic mass is 16.3. The van der Waals surface area contributed by atoms with E-state index in [1.54, 1.807) is 12.1 Å². The molecule has 1 amide bonds. The van der Waals surface area contributed by atoms with Crippen LogP contribution < -0.4 is 5.32 Å². The van der Waals surface area contributed by atoms with E-state index in [0.717, 1.165) is 5.39 Å². The van der Waals surface area contributed by atoms with Crippen LogP contribution in [0.4, 0.5) is 0 Å². The first-order valence-corrected chi connectivity index (χ1v) is 5.25. The van der Waals surface area contributed by atoms with Gasteiger partial charge >= 0.3 is 0 Å². The number of amides is 1. The number of furan rings is 1. The van der Waals surface area contributed by atoms with E-state index >= 15 is 0 Å². The summed E-state index contributed by atoms with van der Waals surface area (Å²) < 4.78 is 5.34. The van der Waals surface area contributed by atoms with Gasteiger partial charge in [-0.05, 0) is 12.1 Å². The Balaban J connectivity index is 2.19. The molecule has 2 rings (SSSR count). The number of carbonyl (C=O) groups is 1. The van der Waals surface area contributed by atoms with Crippen molar-refractivity contribution in [2.24, 2.45) is 0 Å². The topological polar surface area (TPSA) is 82.7 Å². The van der Waals surface area contributed by atoms with Crippen LogP contribution in [0.3, 0.4) is 0 Å². The van der Waals surface area contributed by atoms with Crippen molar-refractivity contribution in [3.8, 4) is 0 Å². The van der Waals surface area contributed by atoms with Crippen LogP contribution >= 0.6 is 0 Å². The number of para-hydroxylation sites is 1. The van der Waals surface area contributed by atoms with Gasteiger partial charge in [-0.15, -0.1) is 0 Å². The molecule has 0 fully saturated rings. The second kappa shape index (κ2) is 4.99. The van der Waals surface area contributed by atoms with Crippen molar-refractivity contribution in [3.05, 3.63) is 36.1 Å². The van der Waals surface area contributed by atoms with E-state index in [1.165, 1.54) is 0 Å². The molecule has 5 nitrogen and oxygen atoms in total. The molecule has 0 aliphatic carbocycles. The number of aliphatic hydroxyl groups excluding tert-OH is 2. The lowest BCUT2D eigenvalue weighted by Crippen LogP contribution is -2.39. The molecule has 1 aromatic heterocycles. The number of fused-ring (bicyclic) bond motifs is 1. The lowest BCUT2D eigenvalue weighted by molar-refractivity contribution is 0.0854. The highest BCUT2D eigenvalue weighted by Gasteiger charge is 2.15. The van der Waals surface area contributed by atoms with Gasteiger partial charge in [0.25, 0.3) is 5.91 Å². The van der Waals surface area contributed by atoms with Crippen molar-refractivity contribution in [2.45, 2.75) is 6.04 Å². The van der Waals surface area contributed by atoms with Gasteiger partial charge in [0.15, 0.2) is 5.76 Å². The average Bonchev–Trinajstić information content (AvgIpc) is 2.79. The zero-order chi connectivity index (χ0) is 12.3. The molecule has 90 valence electrons. The standard InChI is InChI=1S/C12H13NO4/c14-6-9(7-15)13-12(16)11-5-8-3-1-2-4-10(8)17-11/h1-5,9,14-15H,6-7H2,(H,13,16). The summed E-state index contributed by atoms with van der Waals surface area (Å²) in [7, 11) is 0. The molecule has 0 radical (unpaired) electrons. The summed E-state index contributed by atoms with van der Waals surface area (Å²) in [5.41, 5.74) is 0.627. The van der Waals surface area contributed by atoms with Crippen LogP contribution in [-0.4, -0.2) is 35.4 Å². The minimum Gasteiger partial charge on any atom is -0.451 e. The molecule has 5 heteroatoms. The zero-order valence-electron chi connectivity index (χ0n) is 9.09. The molecule has 2 aromatic rings. The van der Waals surface area contributed by atoms with Gasteiger partial charge in [-0.2, -0.15) is 0 Å². The van der Waals surface area contributed by atoms with Crippen LogP contribution in [0.2, 0.25) is 0 Å². The van der Waals surface area contributed by atoms with E-state index in [2.05, 4.69) is 5.32 Å². The molecule has 17 heavy (non-hydrogen) atoms. The number of hydrogen-bond acceptors (Lipinski definition) is 4. The number of rotatable bonds is 4. The van der Waals surface area contributed by atoms with E-state index in [0.29, 0.717) is 5.58 Å². The minimum absolute atomic E-state index is 0.165. The van der Waals surface area contributed by atoms with Crippen molar-refractivity contribution in [2.75, 3.05) is 13.2 Å². The summed E-state index contributed by atoms with van der Waals surface area (Å²) in [6.45, 7) is -0.634. The van der Waals surface area contributed by atoms with Crippen LogP contribution in [0, 0.1) is 0 Å². The molecule has 0 saturated carbocycles. The van der Waals surface area contributed by atoms with Gasteiger partial charge in [0.05, 0.1) is 19.3 Å². The Labute approximate surface area is 97.7 Å². The fourth-order valence-corrected chi connectivity index (χ4v) is 1.50. The van der Waals surface area contributed by atoms with E-state index in [1.807, 2.05) is 18.2 Å². The van der Waals surface area contributed by atoms with E-state index in [9.17, 15) is 4.79 Å². The molecular weight excluding hydrogens is 222 g/mol. The Morgan fingerprint density at radius 2 is 2.00 bits per heavy atom. The summed E-state index contributed by atoms with van der Waals surface area (Å²) in [6.07, 6.45) is 0. The minimum atomic E-state index is -0.671. The van der Waals surface area contributed by atoms with Crippen molar-refractivity contribution in [3.63, 3.8) is 0 Å². The van der Waals surface area contributed by atoms with Gasteiger partial charge in [0.2, 0.25) is 0 Å². The van der Waals surface area contributed by atoms with E-state index in [-0.39, 0.29) is 19.0 Å². The third-order valence-electron chi connectivity index (χ3n) is 2.43. The van der Waals surface area contributed by atoms with Crippen LogP contribution in [0.25, 0.3) is 11.0 Å². The first-order valence-electron chi connectivity index (χ1n) is 5.25. The third kappa shape index (κ3) is 2.46. The van der Waals surface area contributed by atoms with Gasteiger partial charge in [0, 0.05) is 5.39 Å². The molecule has 1 heterocycles. The fourth-order valence-electron chi connectivity index (χ4n) is 1.50. The van der Waals surface area contributed by atoms with Gasteiger partial charge in [0.1, 0.15) is 5.58 Å². The maximum atomic E-state index is 11.7. The Hall–Kier alpha value is -1.85. The Morgan fingerprint density at radius 1 is 1.29 bits per heavy atom. The van der Waals surface area contributed by atoms with Crippen molar-refractivity contribution in [1.29, 1.82) is 0 Å². The largest absolute Gasteiger partial charge is 0.451 e. The quantitative estimate of drug-likeness (QED) is 0.721. The van der Waals surface area contributed by atoms with Gasteiger partial charge < -0.3 is 19.9 Å². The Morgan fingerprint density at radius 3 is 2.65 bits per heavy atom. The molecule has 3 N–H and O–H groups in total. The van der Waals surface area contributed by atoms with Crippen molar-refractivity contribution in [1.82, 2.24) is 5.32 Å². The Bertz CT molecular complexity index is 483. The summed E-state index contributed by atoms with van der Waals surface area (Å²) >= 11 is 0. The predicted molar refractivity (Wildman–Crippen MR) is 61.6 cm³/mol. The summed E-state index contributed by atoms with van der Waals surface area (Å²) in [6, 6.07) is 8.22. The zero-order valence-corrected chi connectivity index (χ0v) is 9.09. The summed E-state index contributed by atoms with van der Waals surface area (Å²) in [4.78, 5) is 11.7. The van der Waals surface area contributed by atoms with Crippen LogP contribution in [0.5, 0.6) is 0 Å². The summed E-state index contributed by atoms with van der Waals surface area (Å²) in [5, 5.41) is 21.0. The number of aliphatic hydroxyl groups is 2. The number of nitrogens with one attached hydrogen (secondary N) is 1.